The van der Waals surface area contributed by atoms with Crippen LogP contribution in [-0.2, 0) is 19.1 Å². The Morgan fingerprint density at radius 1 is 1.23 bits per heavy atom. The zero-order valence-corrected chi connectivity index (χ0v) is 24.1. The number of fused-ring (bicyclic) bond motifs is 1. The molecule has 3 saturated heterocycles. The fourth-order valence-corrected chi connectivity index (χ4v) is 9.00. The summed E-state index contributed by atoms with van der Waals surface area (Å²) in [5.41, 5.74) is 0.655. The van der Waals surface area contributed by atoms with Crippen molar-refractivity contribution in [2.75, 3.05) is 31.8 Å². The summed E-state index contributed by atoms with van der Waals surface area (Å²) in [6.45, 7) is 13.6. The molecule has 1 N–H and O–H groups in total. The summed E-state index contributed by atoms with van der Waals surface area (Å²) in [6, 6.07) is 5.76. The van der Waals surface area contributed by atoms with Gasteiger partial charge in [0.2, 0.25) is 5.91 Å². The smallest absolute Gasteiger partial charge is 0.311 e. The van der Waals surface area contributed by atoms with Gasteiger partial charge in [0.25, 0.3) is 5.91 Å². The summed E-state index contributed by atoms with van der Waals surface area (Å²) < 4.78 is 9.58. The van der Waals surface area contributed by atoms with Crippen LogP contribution in [0.3, 0.4) is 0 Å². The maximum atomic E-state index is 14.6. The van der Waals surface area contributed by atoms with Crippen molar-refractivity contribution >= 4 is 35.2 Å². The Bertz CT molecular complexity index is 1120. The molecule has 3 heterocycles. The predicted molar refractivity (Wildman–Crippen MR) is 153 cm³/mol. The summed E-state index contributed by atoms with van der Waals surface area (Å²) in [7, 11) is 1.58. The summed E-state index contributed by atoms with van der Waals surface area (Å²) in [5, 5.41) is 10.4. The maximum absolute atomic E-state index is 14.6. The Hall–Kier alpha value is -2.78. The van der Waals surface area contributed by atoms with Crippen LogP contribution in [0.15, 0.2) is 49.6 Å². The van der Waals surface area contributed by atoms with Crippen molar-refractivity contribution < 1.29 is 29.0 Å². The third-order valence-corrected chi connectivity index (χ3v) is 10.5. The number of hydrogen-bond donors (Lipinski definition) is 1. The zero-order valence-electron chi connectivity index (χ0n) is 23.3. The van der Waals surface area contributed by atoms with Crippen molar-refractivity contribution in [3.8, 4) is 5.75 Å². The number of carbonyl (C=O) groups is 3. The van der Waals surface area contributed by atoms with Gasteiger partial charge in [-0.2, -0.15) is 0 Å². The highest BCUT2D eigenvalue weighted by Gasteiger charge is 2.78. The Balaban J connectivity index is 1.81. The first-order valence-corrected chi connectivity index (χ1v) is 14.4. The SMILES string of the molecule is C=CCCOC(=O)[C@@H]1[C@H]2C(=O)N([C@@H](CO)C(C)C)C(C(=O)N(CC=C)c3ccc(OC)cc3)C23CC[C@@]1(C)S3. The van der Waals surface area contributed by atoms with Gasteiger partial charge in [-0.05, 0) is 56.4 Å². The van der Waals surface area contributed by atoms with Gasteiger partial charge in [-0.3, -0.25) is 14.4 Å². The molecular weight excluding hydrogens is 516 g/mol. The van der Waals surface area contributed by atoms with Crippen molar-refractivity contribution in [3.63, 3.8) is 0 Å². The van der Waals surface area contributed by atoms with E-state index in [0.29, 0.717) is 30.7 Å². The molecule has 1 aromatic carbocycles. The highest BCUT2D eigenvalue weighted by molar-refractivity contribution is 8.02. The number of esters is 1. The van der Waals surface area contributed by atoms with E-state index in [2.05, 4.69) is 13.2 Å². The van der Waals surface area contributed by atoms with Crippen LogP contribution in [0.5, 0.6) is 5.75 Å². The molecule has 1 aromatic rings. The molecule has 1 spiro atoms. The molecule has 0 aromatic heterocycles. The molecule has 0 radical (unpaired) electrons. The quantitative estimate of drug-likeness (QED) is 0.237. The Morgan fingerprint density at radius 2 is 1.92 bits per heavy atom. The predicted octanol–water partition coefficient (Wildman–Crippen LogP) is 3.83. The molecule has 3 aliphatic rings. The van der Waals surface area contributed by atoms with E-state index in [4.69, 9.17) is 9.47 Å². The molecule has 8 nitrogen and oxygen atoms in total. The third kappa shape index (κ3) is 4.78. The summed E-state index contributed by atoms with van der Waals surface area (Å²) in [6.07, 6.45) is 5.18. The van der Waals surface area contributed by atoms with E-state index in [9.17, 15) is 19.5 Å². The highest BCUT2D eigenvalue weighted by atomic mass is 32.2. The minimum Gasteiger partial charge on any atom is -0.497 e. The normalized spacial score (nSPS) is 29.7. The van der Waals surface area contributed by atoms with Gasteiger partial charge >= 0.3 is 5.97 Å². The van der Waals surface area contributed by atoms with Gasteiger partial charge in [-0.1, -0.05) is 26.0 Å². The molecule has 39 heavy (non-hydrogen) atoms. The van der Waals surface area contributed by atoms with Gasteiger partial charge in [0.15, 0.2) is 0 Å². The standard InChI is InChI=1S/C30H40N2O6S/c1-7-9-17-38-28(36)24-23-26(34)32(22(18-33)19(3)4)25(30(23)15-14-29(24,5)39-30)27(35)31(16-8-2)20-10-12-21(37-6)13-11-20/h7-8,10-13,19,22-25,33H,1-2,9,14-18H2,3-6H3/t22-,23-,24-,25?,29+,30?/m0/s1. The van der Waals surface area contributed by atoms with Crippen molar-refractivity contribution in [3.05, 3.63) is 49.6 Å². The van der Waals surface area contributed by atoms with Crippen molar-refractivity contribution in [2.24, 2.45) is 17.8 Å². The number of thioether (sulfide) groups is 1. The fourth-order valence-electron chi connectivity index (χ4n) is 6.67. The Kier molecular flexibility index (Phi) is 8.52. The molecule has 212 valence electrons. The lowest BCUT2D eigenvalue weighted by molar-refractivity contribution is -0.156. The third-order valence-electron chi connectivity index (χ3n) is 8.54. The van der Waals surface area contributed by atoms with Crippen LogP contribution in [0.25, 0.3) is 0 Å². The van der Waals surface area contributed by atoms with Crippen molar-refractivity contribution in [1.29, 1.82) is 0 Å². The molecule has 6 atom stereocenters. The van der Waals surface area contributed by atoms with Crippen LogP contribution in [0.2, 0.25) is 0 Å². The van der Waals surface area contributed by atoms with Crippen LogP contribution in [0.4, 0.5) is 5.69 Å². The molecule has 0 saturated carbocycles. The average Bonchev–Trinajstić information content (AvgIpc) is 3.48. The van der Waals surface area contributed by atoms with Gasteiger partial charge in [0.05, 0.1) is 42.9 Å². The molecule has 4 rings (SSSR count). The Morgan fingerprint density at radius 3 is 2.49 bits per heavy atom. The number of ether oxygens (including phenoxy) is 2. The van der Waals surface area contributed by atoms with E-state index >= 15 is 0 Å². The number of benzene rings is 1. The summed E-state index contributed by atoms with van der Waals surface area (Å²) in [4.78, 5) is 45.7. The number of carbonyl (C=O) groups excluding carboxylic acids is 3. The van der Waals surface area contributed by atoms with E-state index in [1.165, 1.54) is 0 Å². The highest BCUT2D eigenvalue weighted by Crippen LogP contribution is 2.72. The van der Waals surface area contributed by atoms with Gasteiger partial charge in [-0.25, -0.2) is 0 Å². The van der Waals surface area contributed by atoms with Crippen LogP contribution < -0.4 is 9.64 Å². The number of anilines is 1. The largest absolute Gasteiger partial charge is 0.497 e. The monoisotopic (exact) mass is 556 g/mol. The van der Waals surface area contributed by atoms with E-state index < -0.39 is 39.4 Å². The number of aliphatic hydroxyl groups is 1. The maximum Gasteiger partial charge on any atom is 0.311 e. The minimum atomic E-state index is -0.852. The summed E-state index contributed by atoms with van der Waals surface area (Å²) in [5.74, 6) is -1.72. The van der Waals surface area contributed by atoms with Crippen LogP contribution in [0.1, 0.15) is 40.0 Å². The summed E-state index contributed by atoms with van der Waals surface area (Å²) >= 11 is 1.59. The molecule has 0 aliphatic carbocycles. The van der Waals surface area contributed by atoms with E-state index in [1.54, 1.807) is 53.0 Å². The second-order valence-electron chi connectivity index (χ2n) is 11.1. The van der Waals surface area contributed by atoms with Gasteiger partial charge in [0.1, 0.15) is 11.8 Å². The molecule has 9 heteroatoms. The number of methoxy groups -OCH3 is 1. The number of rotatable bonds is 12. The van der Waals surface area contributed by atoms with Crippen molar-refractivity contribution in [1.82, 2.24) is 4.90 Å². The number of likely N-dealkylation sites (tertiary alicyclic amines) is 1. The van der Waals surface area contributed by atoms with Crippen LogP contribution >= 0.6 is 11.8 Å². The van der Waals surface area contributed by atoms with E-state index in [1.807, 2.05) is 32.9 Å². The van der Waals surface area contributed by atoms with Crippen LogP contribution in [0, 0.1) is 17.8 Å². The van der Waals surface area contributed by atoms with Gasteiger partial charge < -0.3 is 24.4 Å². The molecule has 3 aliphatic heterocycles. The van der Waals surface area contributed by atoms with Crippen molar-refractivity contribution in [2.45, 2.75) is 61.6 Å². The van der Waals surface area contributed by atoms with Gasteiger partial charge in [0, 0.05) is 17.0 Å². The van der Waals surface area contributed by atoms with Crippen LogP contribution in [-0.4, -0.2) is 76.2 Å². The molecule has 2 bridgehead atoms. The first-order chi connectivity index (χ1) is 18.6. The molecule has 2 amide bonds. The lowest BCUT2D eigenvalue weighted by Crippen LogP contribution is -2.58. The second kappa shape index (κ2) is 11.4. The minimum absolute atomic E-state index is 0.103. The number of nitrogens with zero attached hydrogens (tertiary/aromatic N) is 2. The van der Waals surface area contributed by atoms with E-state index in [0.717, 1.165) is 0 Å². The first-order valence-electron chi connectivity index (χ1n) is 13.6. The molecular formula is C30H40N2O6S. The Labute approximate surface area is 235 Å². The molecule has 3 fully saturated rings. The number of hydrogen-bond acceptors (Lipinski definition) is 7. The lowest BCUT2D eigenvalue weighted by atomic mass is 9.66. The second-order valence-corrected chi connectivity index (χ2v) is 13.0. The molecule has 2 unspecified atom stereocenters. The lowest BCUT2D eigenvalue weighted by Gasteiger charge is -2.40. The first kappa shape index (κ1) is 29.2. The van der Waals surface area contributed by atoms with E-state index in [-0.39, 0.29) is 37.5 Å². The number of aliphatic hydroxyl groups excluding tert-OH is 1. The van der Waals surface area contributed by atoms with Gasteiger partial charge in [-0.15, -0.1) is 24.9 Å². The number of amides is 2. The average molecular weight is 557 g/mol. The zero-order chi connectivity index (χ0) is 28.5. The topological polar surface area (TPSA) is 96.4 Å². The fraction of sp³-hybridized carbons (Fsp3) is 0.567.